The number of hydrogen-bond acceptors (Lipinski definition) is 8. The number of nitrogens with two attached hydrogens (primary N) is 1. The normalized spacial score (nSPS) is 21.8. The number of likely N-dealkylation sites (tertiary alicyclic amines) is 1. The predicted molar refractivity (Wildman–Crippen MR) is 168 cm³/mol. The van der Waals surface area contributed by atoms with Crippen LogP contribution in [-0.4, -0.2) is 56.5 Å². The van der Waals surface area contributed by atoms with Crippen molar-refractivity contribution in [1.82, 2.24) is 20.9 Å². The SMILES string of the molecule is CN=CC(C1=CNC2=CC=C(NC(=N)C=C(C=N)C(C)C)NC2=C1)=C(N)C1C=CC(OCCN2CCCCC2)=CC1. The second-order valence-corrected chi connectivity index (χ2v) is 10.9. The standard InChI is InChI=1S/C32H44N8O/c1-22(2)24(19-33)18-30(34)39-31-12-11-28-29(38-31)17-25(20-37-28)27(21-36-3)32(35)23-7-9-26(10-8-23)41-16-15-40-13-5-4-6-14-40/h7,9-12,17-23,33,37-38H,4-6,8,13-16,35H2,1-3H3,(H2,34,39). The fourth-order valence-electron chi connectivity index (χ4n) is 5.11. The summed E-state index contributed by atoms with van der Waals surface area (Å²) in [5.74, 6) is 2.01. The number of amidine groups is 1. The average Bonchev–Trinajstić information content (AvgIpc) is 2.98. The van der Waals surface area contributed by atoms with Gasteiger partial charge in [-0.3, -0.25) is 15.3 Å². The van der Waals surface area contributed by atoms with Gasteiger partial charge in [0, 0.05) is 55.0 Å². The maximum atomic E-state index is 8.31. The summed E-state index contributed by atoms with van der Waals surface area (Å²) in [5, 5.41) is 25.7. The zero-order valence-corrected chi connectivity index (χ0v) is 24.5. The van der Waals surface area contributed by atoms with Crippen LogP contribution >= 0.6 is 0 Å². The van der Waals surface area contributed by atoms with Gasteiger partial charge in [-0.25, -0.2) is 0 Å². The molecule has 0 radical (unpaired) electrons. The molecule has 3 heterocycles. The van der Waals surface area contributed by atoms with E-state index in [9.17, 15) is 0 Å². The Morgan fingerprint density at radius 3 is 2.73 bits per heavy atom. The Kier molecular flexibility index (Phi) is 10.6. The van der Waals surface area contributed by atoms with E-state index >= 15 is 0 Å². The highest BCUT2D eigenvalue weighted by atomic mass is 16.5. The fraction of sp³-hybridized carbons (Fsp3) is 0.406. The van der Waals surface area contributed by atoms with Crippen LogP contribution in [0.4, 0.5) is 0 Å². The highest BCUT2D eigenvalue weighted by molar-refractivity contribution is 5.97. The molecule has 4 aliphatic rings. The van der Waals surface area contributed by atoms with Gasteiger partial charge >= 0.3 is 0 Å². The Morgan fingerprint density at radius 2 is 2.05 bits per heavy atom. The molecule has 0 spiro atoms. The molecule has 0 aromatic rings. The van der Waals surface area contributed by atoms with Crippen molar-refractivity contribution in [2.24, 2.45) is 22.6 Å². The molecular weight excluding hydrogens is 512 g/mol. The third-order valence-electron chi connectivity index (χ3n) is 7.54. The Bertz CT molecular complexity index is 1280. The van der Waals surface area contributed by atoms with Crippen molar-refractivity contribution in [2.75, 3.05) is 33.3 Å². The second kappa shape index (κ2) is 14.5. The molecular formula is C32H44N8O. The quantitative estimate of drug-likeness (QED) is 0.165. The van der Waals surface area contributed by atoms with E-state index in [1.165, 1.54) is 38.6 Å². The van der Waals surface area contributed by atoms with Gasteiger partial charge in [-0.15, -0.1) is 0 Å². The summed E-state index contributed by atoms with van der Waals surface area (Å²) < 4.78 is 6.04. The van der Waals surface area contributed by atoms with Crippen molar-refractivity contribution < 1.29 is 4.74 Å². The third-order valence-corrected chi connectivity index (χ3v) is 7.54. The first-order valence-corrected chi connectivity index (χ1v) is 14.5. The monoisotopic (exact) mass is 556 g/mol. The van der Waals surface area contributed by atoms with Gasteiger partial charge in [0.05, 0.1) is 11.4 Å². The number of dihydropyridines is 2. The molecule has 1 saturated heterocycles. The Balaban J connectivity index is 1.39. The maximum absolute atomic E-state index is 8.31. The van der Waals surface area contributed by atoms with Crippen LogP contribution in [-0.2, 0) is 4.74 Å². The molecule has 1 fully saturated rings. The summed E-state index contributed by atoms with van der Waals surface area (Å²) >= 11 is 0. The zero-order chi connectivity index (χ0) is 29.2. The first-order chi connectivity index (χ1) is 19.9. The number of piperidine rings is 1. The average molecular weight is 557 g/mol. The number of rotatable bonds is 11. The van der Waals surface area contributed by atoms with E-state index in [0.29, 0.717) is 12.4 Å². The van der Waals surface area contributed by atoms with Crippen molar-refractivity contribution in [3.8, 4) is 0 Å². The first kappa shape index (κ1) is 29.9. The molecule has 4 rings (SSSR count). The molecule has 1 atom stereocenters. The lowest BCUT2D eigenvalue weighted by Gasteiger charge is -2.27. The van der Waals surface area contributed by atoms with Gasteiger partial charge in [-0.1, -0.05) is 26.3 Å². The van der Waals surface area contributed by atoms with Gasteiger partial charge in [0.1, 0.15) is 24.0 Å². The molecule has 0 saturated carbocycles. The van der Waals surface area contributed by atoms with Crippen LogP contribution in [0.5, 0.6) is 0 Å². The van der Waals surface area contributed by atoms with Crippen LogP contribution < -0.4 is 21.7 Å². The number of ether oxygens (including phenoxy) is 1. The first-order valence-electron chi connectivity index (χ1n) is 14.5. The van der Waals surface area contributed by atoms with Crippen LogP contribution in [0.1, 0.15) is 39.5 Å². The topological polar surface area (TPSA) is 135 Å². The van der Waals surface area contributed by atoms with Gasteiger partial charge in [0.2, 0.25) is 0 Å². The number of fused-ring (bicyclic) bond motifs is 1. The second-order valence-electron chi connectivity index (χ2n) is 10.9. The number of allylic oxidation sites excluding steroid dienone is 9. The molecule has 1 aliphatic carbocycles. The third kappa shape index (κ3) is 8.20. The van der Waals surface area contributed by atoms with E-state index < -0.39 is 0 Å². The summed E-state index contributed by atoms with van der Waals surface area (Å²) in [4.78, 5) is 6.78. The van der Waals surface area contributed by atoms with Gasteiger partial charge in [-0.2, -0.15) is 0 Å². The minimum atomic E-state index is 0.0429. The molecule has 0 aromatic carbocycles. The van der Waals surface area contributed by atoms with Gasteiger partial charge in [0.15, 0.2) is 0 Å². The van der Waals surface area contributed by atoms with Crippen molar-refractivity contribution in [2.45, 2.75) is 39.5 Å². The minimum Gasteiger partial charge on any atom is -0.493 e. The number of nitrogens with zero attached hydrogens (tertiary/aromatic N) is 2. The van der Waals surface area contributed by atoms with Crippen molar-refractivity contribution >= 4 is 18.3 Å². The lowest BCUT2D eigenvalue weighted by atomic mass is 9.90. The highest BCUT2D eigenvalue weighted by Gasteiger charge is 2.21. The summed E-state index contributed by atoms with van der Waals surface area (Å²) in [6.07, 6.45) is 23.5. The molecule has 0 bridgehead atoms. The van der Waals surface area contributed by atoms with Gasteiger partial charge < -0.3 is 31.8 Å². The summed E-state index contributed by atoms with van der Waals surface area (Å²) in [6.45, 7) is 8.04. The summed E-state index contributed by atoms with van der Waals surface area (Å²) in [7, 11) is 1.75. The Labute approximate surface area is 244 Å². The minimum absolute atomic E-state index is 0.0429. The van der Waals surface area contributed by atoms with Crippen LogP contribution in [0.2, 0.25) is 0 Å². The lowest BCUT2D eigenvalue weighted by Crippen LogP contribution is -2.35. The van der Waals surface area contributed by atoms with Crippen LogP contribution in [0.15, 0.2) is 99.1 Å². The van der Waals surface area contributed by atoms with E-state index in [-0.39, 0.29) is 17.7 Å². The van der Waals surface area contributed by atoms with Gasteiger partial charge in [-0.05, 0) is 80.3 Å². The van der Waals surface area contributed by atoms with Crippen molar-refractivity contribution in [3.63, 3.8) is 0 Å². The Morgan fingerprint density at radius 1 is 1.24 bits per heavy atom. The lowest BCUT2D eigenvalue weighted by molar-refractivity contribution is 0.147. The number of nitrogens with one attached hydrogen (secondary N) is 5. The molecule has 218 valence electrons. The summed E-state index contributed by atoms with van der Waals surface area (Å²) in [6, 6.07) is 0. The molecule has 41 heavy (non-hydrogen) atoms. The van der Waals surface area contributed by atoms with Gasteiger partial charge in [0.25, 0.3) is 0 Å². The predicted octanol–water partition coefficient (Wildman–Crippen LogP) is 4.36. The summed E-state index contributed by atoms with van der Waals surface area (Å²) in [5.41, 5.74) is 11.8. The molecule has 1 unspecified atom stereocenters. The van der Waals surface area contributed by atoms with Crippen LogP contribution in [0.3, 0.4) is 0 Å². The Hall–Kier alpha value is -4.11. The van der Waals surface area contributed by atoms with E-state index in [1.807, 2.05) is 44.4 Å². The van der Waals surface area contributed by atoms with Crippen LogP contribution in [0, 0.1) is 22.7 Å². The van der Waals surface area contributed by atoms with E-state index in [0.717, 1.165) is 52.5 Å². The molecule has 3 aliphatic heterocycles. The van der Waals surface area contributed by atoms with E-state index in [4.69, 9.17) is 21.3 Å². The smallest absolute Gasteiger partial charge is 0.123 e. The largest absolute Gasteiger partial charge is 0.493 e. The fourth-order valence-corrected chi connectivity index (χ4v) is 5.11. The maximum Gasteiger partial charge on any atom is 0.123 e. The molecule has 9 heteroatoms. The van der Waals surface area contributed by atoms with Crippen LogP contribution in [0.25, 0.3) is 0 Å². The van der Waals surface area contributed by atoms with E-state index in [2.05, 4.69) is 38.0 Å². The van der Waals surface area contributed by atoms with E-state index in [1.54, 1.807) is 19.3 Å². The molecule has 7 N–H and O–H groups in total. The molecule has 0 aromatic heterocycles. The van der Waals surface area contributed by atoms with Crippen molar-refractivity contribution in [1.29, 1.82) is 10.8 Å². The van der Waals surface area contributed by atoms with Crippen molar-refractivity contribution in [3.05, 3.63) is 94.1 Å². The number of hydrogen-bond donors (Lipinski definition) is 6. The molecule has 0 amide bonds. The number of aliphatic imine (C=N–C) groups is 1. The highest BCUT2D eigenvalue weighted by Crippen LogP contribution is 2.28. The zero-order valence-electron chi connectivity index (χ0n) is 24.5. The molecule has 9 nitrogen and oxygen atoms in total.